The average Bonchev–Trinajstić information content (AvgIpc) is 2.56. The maximum Gasteiger partial charge on any atom is 0.243 e. The fourth-order valence-electron chi connectivity index (χ4n) is 2.05. The molecule has 5 nitrogen and oxygen atoms in total. The molecule has 2 aromatic carbocycles. The Kier molecular flexibility index (Phi) is 5.89. The Balaban J connectivity index is 1.81. The van der Waals surface area contributed by atoms with Crippen molar-refractivity contribution in [3.63, 3.8) is 0 Å². The van der Waals surface area contributed by atoms with E-state index in [2.05, 4.69) is 10.6 Å². The maximum atomic E-state index is 13.5. The van der Waals surface area contributed by atoms with Gasteiger partial charge in [0.05, 0.1) is 18.8 Å². The second-order valence-corrected chi connectivity index (χ2v) is 5.50. The van der Waals surface area contributed by atoms with E-state index in [0.717, 1.165) is 5.56 Å². The molecule has 0 atom stereocenters. The van der Waals surface area contributed by atoms with Gasteiger partial charge in [0.15, 0.2) is 0 Å². The van der Waals surface area contributed by atoms with Gasteiger partial charge in [0.2, 0.25) is 11.8 Å². The monoisotopic (exact) mass is 329 g/mol. The molecule has 2 aromatic rings. The molecule has 6 heteroatoms. The number of rotatable bonds is 6. The number of para-hydroxylation sites is 1. The number of hydrogen-bond acceptors (Lipinski definition) is 3. The number of nitrogens with zero attached hydrogens (tertiary/aromatic N) is 1. The van der Waals surface area contributed by atoms with Gasteiger partial charge >= 0.3 is 0 Å². The van der Waals surface area contributed by atoms with Gasteiger partial charge in [-0.1, -0.05) is 29.8 Å². The Morgan fingerprint density at radius 1 is 1.08 bits per heavy atom. The van der Waals surface area contributed by atoms with Crippen LogP contribution >= 0.6 is 0 Å². The molecule has 0 fully saturated rings. The van der Waals surface area contributed by atoms with Crippen molar-refractivity contribution in [2.24, 2.45) is 0 Å². The second kappa shape index (κ2) is 8.10. The predicted octanol–water partition coefficient (Wildman–Crippen LogP) is 2.64. The van der Waals surface area contributed by atoms with Crippen molar-refractivity contribution in [1.29, 1.82) is 0 Å². The van der Waals surface area contributed by atoms with Crippen molar-refractivity contribution in [1.82, 2.24) is 4.90 Å². The molecule has 0 saturated carbocycles. The molecule has 0 bridgehead atoms. The van der Waals surface area contributed by atoms with Gasteiger partial charge in [0.25, 0.3) is 0 Å². The van der Waals surface area contributed by atoms with Crippen LogP contribution in [0.1, 0.15) is 5.56 Å². The number of amides is 2. The summed E-state index contributed by atoms with van der Waals surface area (Å²) in [5.41, 5.74) is 2.03. The zero-order valence-electron chi connectivity index (χ0n) is 13.7. The van der Waals surface area contributed by atoms with Crippen LogP contribution in [0.25, 0.3) is 0 Å². The molecule has 0 saturated heterocycles. The molecule has 2 N–H and O–H groups in total. The van der Waals surface area contributed by atoms with Crippen molar-refractivity contribution in [3.05, 3.63) is 59.9 Å². The average molecular weight is 329 g/mol. The molecule has 0 unspecified atom stereocenters. The summed E-state index contributed by atoms with van der Waals surface area (Å²) in [6.45, 7) is 1.79. The molecular formula is C18H20FN3O2. The number of halogens is 1. The Morgan fingerprint density at radius 2 is 1.75 bits per heavy atom. The van der Waals surface area contributed by atoms with Crippen LogP contribution in [0.2, 0.25) is 0 Å². The summed E-state index contributed by atoms with van der Waals surface area (Å²) in [5.74, 6) is -1.03. The van der Waals surface area contributed by atoms with Crippen LogP contribution in [0.15, 0.2) is 48.5 Å². The van der Waals surface area contributed by atoms with E-state index in [1.165, 1.54) is 18.0 Å². The number of aryl methyl sites for hydroxylation is 1. The van der Waals surface area contributed by atoms with E-state index >= 15 is 0 Å². The summed E-state index contributed by atoms with van der Waals surface area (Å²) >= 11 is 0. The smallest absolute Gasteiger partial charge is 0.243 e. The van der Waals surface area contributed by atoms with Crippen LogP contribution in [-0.2, 0) is 9.59 Å². The first-order valence-corrected chi connectivity index (χ1v) is 7.54. The Labute approximate surface area is 140 Å². The summed E-state index contributed by atoms with van der Waals surface area (Å²) in [5, 5.41) is 5.45. The lowest BCUT2D eigenvalue weighted by Gasteiger charge is -2.17. The van der Waals surface area contributed by atoms with E-state index in [-0.39, 0.29) is 30.6 Å². The number of benzene rings is 2. The van der Waals surface area contributed by atoms with Crippen LogP contribution in [0.5, 0.6) is 0 Å². The summed E-state index contributed by atoms with van der Waals surface area (Å²) in [6.07, 6.45) is 0. The minimum atomic E-state index is -0.426. The molecule has 0 spiro atoms. The number of hydrogen-bond donors (Lipinski definition) is 2. The van der Waals surface area contributed by atoms with Gasteiger partial charge in [-0.25, -0.2) is 4.39 Å². The van der Waals surface area contributed by atoms with Gasteiger partial charge in [-0.2, -0.15) is 0 Å². The van der Waals surface area contributed by atoms with Crippen molar-refractivity contribution < 1.29 is 14.0 Å². The predicted molar refractivity (Wildman–Crippen MR) is 92.3 cm³/mol. The molecule has 0 aliphatic heterocycles. The lowest BCUT2D eigenvalue weighted by atomic mass is 10.2. The Morgan fingerprint density at radius 3 is 2.42 bits per heavy atom. The van der Waals surface area contributed by atoms with Crippen molar-refractivity contribution >= 4 is 23.2 Å². The quantitative estimate of drug-likeness (QED) is 0.856. The minimum Gasteiger partial charge on any atom is -0.374 e. The highest BCUT2D eigenvalue weighted by Gasteiger charge is 2.13. The topological polar surface area (TPSA) is 61.4 Å². The molecule has 0 heterocycles. The molecule has 24 heavy (non-hydrogen) atoms. The Bertz CT molecular complexity index is 716. The SMILES string of the molecule is Cc1ccc(NC(=O)CN(C)C(=O)CNc2ccccc2F)cc1. The van der Waals surface area contributed by atoms with Crippen LogP contribution in [-0.4, -0.2) is 36.9 Å². The standard InChI is InChI=1S/C18H20FN3O2/c1-13-7-9-14(10-8-13)21-17(23)12-22(2)18(24)11-20-16-6-4-3-5-15(16)19/h3-10,20H,11-12H2,1-2H3,(H,21,23). The maximum absolute atomic E-state index is 13.5. The number of carbonyl (C=O) groups is 2. The van der Waals surface area contributed by atoms with Gasteiger partial charge < -0.3 is 15.5 Å². The van der Waals surface area contributed by atoms with E-state index in [1.54, 1.807) is 30.3 Å². The largest absolute Gasteiger partial charge is 0.374 e. The summed E-state index contributed by atoms with van der Waals surface area (Å²) < 4.78 is 13.5. The number of carbonyl (C=O) groups excluding carboxylic acids is 2. The third-order valence-electron chi connectivity index (χ3n) is 3.45. The van der Waals surface area contributed by atoms with Crippen molar-refractivity contribution in [3.8, 4) is 0 Å². The van der Waals surface area contributed by atoms with E-state index in [0.29, 0.717) is 5.69 Å². The lowest BCUT2D eigenvalue weighted by molar-refractivity contribution is -0.131. The van der Waals surface area contributed by atoms with E-state index in [9.17, 15) is 14.0 Å². The zero-order valence-corrected chi connectivity index (χ0v) is 13.7. The van der Waals surface area contributed by atoms with E-state index in [1.807, 2.05) is 19.1 Å². The molecule has 2 rings (SSSR count). The van der Waals surface area contributed by atoms with Gasteiger partial charge in [0, 0.05) is 12.7 Å². The van der Waals surface area contributed by atoms with E-state index in [4.69, 9.17) is 0 Å². The van der Waals surface area contributed by atoms with Gasteiger partial charge in [-0.05, 0) is 31.2 Å². The third kappa shape index (κ3) is 5.08. The fraction of sp³-hybridized carbons (Fsp3) is 0.222. The Hall–Kier alpha value is -2.89. The van der Waals surface area contributed by atoms with Crippen molar-refractivity contribution in [2.45, 2.75) is 6.92 Å². The first-order valence-electron chi connectivity index (χ1n) is 7.54. The highest BCUT2D eigenvalue weighted by atomic mass is 19.1. The molecule has 126 valence electrons. The first kappa shape index (κ1) is 17.5. The van der Waals surface area contributed by atoms with Gasteiger partial charge in [-0.3, -0.25) is 9.59 Å². The van der Waals surface area contributed by atoms with Crippen LogP contribution < -0.4 is 10.6 Å². The van der Waals surface area contributed by atoms with Crippen LogP contribution in [0, 0.1) is 12.7 Å². The molecule has 0 aliphatic rings. The number of anilines is 2. The summed E-state index contributed by atoms with van der Waals surface area (Å²) in [6, 6.07) is 13.5. The van der Waals surface area contributed by atoms with Gasteiger partial charge in [-0.15, -0.1) is 0 Å². The molecular weight excluding hydrogens is 309 g/mol. The second-order valence-electron chi connectivity index (χ2n) is 5.50. The highest BCUT2D eigenvalue weighted by molar-refractivity contribution is 5.95. The minimum absolute atomic E-state index is 0.0777. The van der Waals surface area contributed by atoms with Crippen LogP contribution in [0.4, 0.5) is 15.8 Å². The van der Waals surface area contributed by atoms with Crippen molar-refractivity contribution in [2.75, 3.05) is 30.8 Å². The van der Waals surface area contributed by atoms with Gasteiger partial charge in [0.1, 0.15) is 5.82 Å². The van der Waals surface area contributed by atoms with Crippen LogP contribution in [0.3, 0.4) is 0 Å². The summed E-state index contributed by atoms with van der Waals surface area (Å²) in [7, 11) is 1.53. The lowest BCUT2D eigenvalue weighted by Crippen LogP contribution is -2.38. The molecule has 0 aliphatic carbocycles. The zero-order chi connectivity index (χ0) is 17.5. The number of likely N-dealkylation sites (N-methyl/N-ethyl adjacent to an activating group) is 1. The highest BCUT2D eigenvalue weighted by Crippen LogP contribution is 2.12. The third-order valence-corrected chi connectivity index (χ3v) is 3.45. The molecule has 2 amide bonds. The van der Waals surface area contributed by atoms with E-state index < -0.39 is 5.82 Å². The molecule has 0 radical (unpaired) electrons. The fourth-order valence-corrected chi connectivity index (χ4v) is 2.05. The first-order chi connectivity index (χ1) is 11.5. The summed E-state index contributed by atoms with van der Waals surface area (Å²) in [4.78, 5) is 25.3. The number of nitrogens with one attached hydrogen (secondary N) is 2. The molecule has 0 aromatic heterocycles. The normalized spacial score (nSPS) is 10.1.